The Kier molecular flexibility index (Phi) is 11.1. The van der Waals surface area contributed by atoms with Crippen LogP contribution in [0.5, 0.6) is 5.75 Å². The smallest absolute Gasteiger partial charge is 0.262 e. The van der Waals surface area contributed by atoms with Crippen LogP contribution < -0.4 is 25.2 Å². The van der Waals surface area contributed by atoms with Gasteiger partial charge in [-0.05, 0) is 73.7 Å². The van der Waals surface area contributed by atoms with E-state index < -0.39 is 40.5 Å². The van der Waals surface area contributed by atoms with E-state index in [0.29, 0.717) is 38.4 Å². The second-order valence-corrected chi connectivity index (χ2v) is 18.7. The molecule has 4 fully saturated rings. The van der Waals surface area contributed by atoms with Gasteiger partial charge in [-0.2, -0.15) is 5.26 Å². The topological polar surface area (TPSA) is 155 Å². The fourth-order valence-electron chi connectivity index (χ4n) is 10.3. The second kappa shape index (κ2) is 16.0. The quantitative estimate of drug-likeness (QED) is 0.248. The van der Waals surface area contributed by atoms with E-state index in [1.807, 2.05) is 24.3 Å². The Morgan fingerprint density at radius 2 is 1.47 bits per heavy atom. The van der Waals surface area contributed by atoms with E-state index in [2.05, 4.69) is 59.1 Å². The summed E-state index contributed by atoms with van der Waals surface area (Å²) in [7, 11) is 0. The molecule has 0 bridgehead atoms. The van der Waals surface area contributed by atoms with Crippen LogP contribution in [-0.2, 0) is 9.59 Å². The van der Waals surface area contributed by atoms with E-state index in [4.69, 9.17) is 27.9 Å². The van der Waals surface area contributed by atoms with Crippen molar-refractivity contribution in [1.82, 2.24) is 20.4 Å². The van der Waals surface area contributed by atoms with Crippen molar-refractivity contribution in [1.29, 1.82) is 5.26 Å². The van der Waals surface area contributed by atoms with Crippen LogP contribution in [0.3, 0.4) is 0 Å². The van der Waals surface area contributed by atoms with Gasteiger partial charge in [-0.1, -0.05) is 50.9 Å². The number of ether oxygens (including phenoxy) is 1. The molecule has 4 heterocycles. The lowest BCUT2D eigenvalue weighted by Gasteiger charge is -2.63. The normalized spacial score (nSPS) is 24.1. The second-order valence-electron chi connectivity index (χ2n) is 17.9. The van der Waals surface area contributed by atoms with Gasteiger partial charge in [0.2, 0.25) is 11.8 Å². The van der Waals surface area contributed by atoms with Crippen molar-refractivity contribution < 1.29 is 28.7 Å². The summed E-state index contributed by atoms with van der Waals surface area (Å²) in [5.41, 5.74) is 2.47. The average molecular weight is 855 g/mol. The molecule has 1 saturated carbocycles. The number of amides is 5. The number of nitrogens with zero attached hydrogens (tertiary/aromatic N) is 5. The first-order chi connectivity index (χ1) is 28.6. The van der Waals surface area contributed by atoms with Crippen LogP contribution in [0, 0.1) is 28.1 Å². The van der Waals surface area contributed by atoms with E-state index >= 15 is 0 Å². The maximum atomic E-state index is 13.6. The largest absolute Gasteiger partial charge is 0.489 e. The molecule has 1 unspecified atom stereocenters. The van der Waals surface area contributed by atoms with Crippen molar-refractivity contribution in [3.05, 3.63) is 86.9 Å². The van der Waals surface area contributed by atoms with Crippen LogP contribution in [-0.4, -0.2) is 103 Å². The Morgan fingerprint density at radius 1 is 0.817 bits per heavy atom. The zero-order chi connectivity index (χ0) is 42.7. The number of nitrogens with one attached hydrogen (secondary N) is 2. The zero-order valence-corrected chi connectivity index (χ0v) is 35.7. The number of benzene rings is 3. The summed E-state index contributed by atoms with van der Waals surface area (Å²) < 4.78 is 6.38. The lowest BCUT2D eigenvalue weighted by atomic mass is 9.49. The Balaban J connectivity index is 0.804. The van der Waals surface area contributed by atoms with Crippen molar-refractivity contribution in [3.8, 4) is 11.8 Å². The molecule has 2 N–H and O–H groups in total. The molecular formula is C45H49Cl2N7O6. The van der Waals surface area contributed by atoms with Gasteiger partial charge in [-0.3, -0.25) is 39.1 Å². The number of halogens is 2. The zero-order valence-electron chi connectivity index (χ0n) is 34.2. The Morgan fingerprint density at radius 3 is 2.12 bits per heavy atom. The molecule has 314 valence electrons. The molecule has 5 amide bonds. The highest BCUT2D eigenvalue weighted by Crippen LogP contribution is 2.55. The molecule has 8 rings (SSSR count). The molecule has 15 heteroatoms. The van der Waals surface area contributed by atoms with Gasteiger partial charge in [-0.15, -0.1) is 0 Å². The summed E-state index contributed by atoms with van der Waals surface area (Å²) in [5.74, 6) is -1.11. The number of piperidine rings is 2. The number of rotatable bonds is 9. The standard InChI is InChI=1S/C45H49Cl2N7O6/c1-44(2)42(45(3,4)43(44)60-30-8-5-27(24-48)34(46)23-30)50-38(56)32-10-7-29(22-35(32)47)52-15-13-26(14-16-52)25-51-17-19-53(20-18-51)28-6-9-31-33(21-28)41(59)54(40(31)58)36-11-12-37(55)49-39(36)57/h5-10,21-23,26,36,42-43H,11-20,25H2,1-4H3,(H,50,56)(H,49,55,57)/t36?,42-,43-. The maximum absolute atomic E-state index is 13.6. The molecular weight excluding hydrogens is 805 g/mol. The third kappa shape index (κ3) is 7.58. The number of imide groups is 2. The van der Waals surface area contributed by atoms with Crippen molar-refractivity contribution in [3.63, 3.8) is 0 Å². The predicted octanol–water partition coefficient (Wildman–Crippen LogP) is 5.92. The minimum absolute atomic E-state index is 0.0851. The highest BCUT2D eigenvalue weighted by Gasteiger charge is 2.64. The monoisotopic (exact) mass is 853 g/mol. The van der Waals surface area contributed by atoms with Gasteiger partial charge in [0.25, 0.3) is 17.7 Å². The number of hydrogen-bond acceptors (Lipinski definition) is 10. The molecule has 13 nitrogen and oxygen atoms in total. The van der Waals surface area contributed by atoms with Gasteiger partial charge in [0.05, 0.1) is 32.3 Å². The number of carbonyl (C=O) groups is 5. The Labute approximate surface area is 359 Å². The average Bonchev–Trinajstić information content (AvgIpc) is 3.47. The van der Waals surface area contributed by atoms with Crippen LogP contribution in [0.4, 0.5) is 11.4 Å². The molecule has 0 radical (unpaired) electrons. The highest BCUT2D eigenvalue weighted by molar-refractivity contribution is 6.34. The summed E-state index contributed by atoms with van der Waals surface area (Å²) in [5, 5.41) is 15.5. The van der Waals surface area contributed by atoms with Gasteiger partial charge in [0.1, 0.15) is 24.0 Å². The van der Waals surface area contributed by atoms with Gasteiger partial charge < -0.3 is 19.9 Å². The molecule has 5 aliphatic rings. The predicted molar refractivity (Wildman–Crippen MR) is 228 cm³/mol. The van der Waals surface area contributed by atoms with Crippen molar-refractivity contribution in [2.24, 2.45) is 16.7 Å². The van der Waals surface area contributed by atoms with E-state index in [9.17, 15) is 29.2 Å². The summed E-state index contributed by atoms with van der Waals surface area (Å²) in [6, 6.07) is 16.9. The molecule has 0 aromatic heterocycles. The number of nitriles is 1. The van der Waals surface area contributed by atoms with Gasteiger partial charge >= 0.3 is 0 Å². The Hall–Kier alpha value is -5.16. The van der Waals surface area contributed by atoms with Crippen LogP contribution in [0.15, 0.2) is 54.6 Å². The maximum Gasteiger partial charge on any atom is 0.262 e. The number of piperazine rings is 1. The van der Waals surface area contributed by atoms with E-state index in [-0.39, 0.29) is 36.5 Å². The summed E-state index contributed by atoms with van der Waals surface area (Å²) in [6.07, 6.45) is 2.07. The highest BCUT2D eigenvalue weighted by atomic mass is 35.5. The SMILES string of the molecule is CC1(C)[C@H](NC(=O)c2ccc(N3CCC(CN4CCN(c5ccc6c(c5)C(=O)N(C5CCC(=O)NC5=O)C6=O)CC4)CC3)cc2Cl)C(C)(C)[C@H]1Oc1ccc(C#N)c(Cl)c1. The molecule has 3 aromatic carbocycles. The van der Waals surface area contributed by atoms with Crippen molar-refractivity contribution in [2.45, 2.75) is 71.6 Å². The molecule has 0 spiro atoms. The summed E-state index contributed by atoms with van der Waals surface area (Å²) in [6.45, 7) is 14.4. The van der Waals surface area contributed by atoms with Gasteiger partial charge in [-0.25, -0.2) is 0 Å². The summed E-state index contributed by atoms with van der Waals surface area (Å²) >= 11 is 13.0. The number of hydrogen-bond donors (Lipinski definition) is 2. The summed E-state index contributed by atoms with van der Waals surface area (Å²) in [4.78, 5) is 72.3. The minimum Gasteiger partial charge on any atom is -0.489 e. The van der Waals surface area contributed by atoms with E-state index in [0.717, 1.165) is 74.9 Å². The van der Waals surface area contributed by atoms with E-state index in [1.54, 1.807) is 30.3 Å². The number of fused-ring (bicyclic) bond motifs is 1. The first kappa shape index (κ1) is 41.6. The Bertz CT molecular complexity index is 2290. The molecule has 3 saturated heterocycles. The van der Waals surface area contributed by atoms with E-state index in [1.165, 1.54) is 0 Å². The van der Waals surface area contributed by atoms with Gasteiger partial charge in [0.15, 0.2) is 0 Å². The molecule has 3 aromatic rings. The van der Waals surface area contributed by atoms with Crippen molar-refractivity contribution in [2.75, 3.05) is 55.6 Å². The molecule has 1 atom stereocenters. The van der Waals surface area contributed by atoms with Crippen LogP contribution in [0.25, 0.3) is 0 Å². The fourth-order valence-corrected chi connectivity index (χ4v) is 10.7. The molecule has 4 aliphatic heterocycles. The van der Waals surface area contributed by atoms with Crippen molar-refractivity contribution >= 4 is 64.1 Å². The van der Waals surface area contributed by atoms with Crippen LogP contribution in [0.2, 0.25) is 10.0 Å². The lowest BCUT2D eigenvalue weighted by Crippen LogP contribution is -2.74. The van der Waals surface area contributed by atoms with Gasteiger partial charge in [0, 0.05) is 86.5 Å². The lowest BCUT2D eigenvalue weighted by molar-refractivity contribution is -0.164. The third-order valence-electron chi connectivity index (χ3n) is 13.3. The van der Waals surface area contributed by atoms with Crippen LogP contribution in [0.1, 0.15) is 90.0 Å². The first-order valence-corrected chi connectivity index (χ1v) is 21.4. The number of carbonyl (C=O) groups excluding carboxylic acids is 5. The fraction of sp³-hybridized carbons (Fsp3) is 0.467. The minimum atomic E-state index is -0.982. The third-order valence-corrected chi connectivity index (χ3v) is 13.9. The van der Waals surface area contributed by atoms with Crippen LogP contribution >= 0.6 is 23.2 Å². The molecule has 1 aliphatic carbocycles. The molecule has 60 heavy (non-hydrogen) atoms. The number of anilines is 2. The first-order valence-electron chi connectivity index (χ1n) is 20.6.